The van der Waals surface area contributed by atoms with Gasteiger partial charge in [0.2, 0.25) is 0 Å². The van der Waals surface area contributed by atoms with Crippen molar-refractivity contribution in [1.29, 1.82) is 0 Å². The molecule has 1 aromatic heterocycles. The van der Waals surface area contributed by atoms with E-state index in [0.29, 0.717) is 10.9 Å². The van der Waals surface area contributed by atoms with Gasteiger partial charge in [-0.3, -0.25) is 0 Å². The van der Waals surface area contributed by atoms with Crippen LogP contribution >= 0.6 is 27.3 Å². The van der Waals surface area contributed by atoms with E-state index in [-0.39, 0.29) is 11.9 Å². The minimum Gasteiger partial charge on any atom is -0.324 e. The molecule has 2 aromatic rings. The summed E-state index contributed by atoms with van der Waals surface area (Å²) in [6.45, 7) is 0. The van der Waals surface area contributed by atoms with Crippen LogP contribution in [0.25, 0.3) is 0 Å². The van der Waals surface area contributed by atoms with E-state index in [2.05, 4.69) is 15.9 Å². The first-order valence-corrected chi connectivity index (χ1v) is 6.62. The standard InChI is InChI=1S/C12H11BrFNS/c13-12-8(2-1-3-10(12)14)6-11(15)9-4-5-16-7-9/h1-5,7,11H,6,15H2. The number of thiophene rings is 1. The maximum Gasteiger partial charge on any atom is 0.137 e. The highest BCUT2D eigenvalue weighted by atomic mass is 79.9. The Labute approximate surface area is 106 Å². The molecule has 0 radical (unpaired) electrons. The zero-order valence-electron chi connectivity index (χ0n) is 8.49. The van der Waals surface area contributed by atoms with Gasteiger partial charge < -0.3 is 5.73 Å². The summed E-state index contributed by atoms with van der Waals surface area (Å²) in [5, 5.41) is 4.02. The fourth-order valence-electron chi connectivity index (χ4n) is 1.55. The summed E-state index contributed by atoms with van der Waals surface area (Å²) in [4.78, 5) is 0. The largest absolute Gasteiger partial charge is 0.324 e. The molecule has 0 aliphatic rings. The van der Waals surface area contributed by atoms with Crippen LogP contribution in [0.15, 0.2) is 39.5 Å². The first-order chi connectivity index (χ1) is 7.68. The van der Waals surface area contributed by atoms with Crippen LogP contribution in [-0.2, 0) is 6.42 Å². The van der Waals surface area contributed by atoms with Gasteiger partial charge >= 0.3 is 0 Å². The third kappa shape index (κ3) is 2.51. The van der Waals surface area contributed by atoms with Gasteiger partial charge in [0, 0.05) is 6.04 Å². The summed E-state index contributed by atoms with van der Waals surface area (Å²) >= 11 is 4.86. The van der Waals surface area contributed by atoms with Crippen molar-refractivity contribution in [1.82, 2.24) is 0 Å². The quantitative estimate of drug-likeness (QED) is 0.914. The van der Waals surface area contributed by atoms with Gasteiger partial charge in [-0.1, -0.05) is 12.1 Å². The van der Waals surface area contributed by atoms with E-state index in [1.165, 1.54) is 6.07 Å². The molecule has 0 bridgehead atoms. The Morgan fingerprint density at radius 3 is 2.88 bits per heavy atom. The minimum atomic E-state index is -0.241. The molecule has 0 saturated heterocycles. The van der Waals surface area contributed by atoms with Crippen LogP contribution < -0.4 is 5.73 Å². The molecule has 0 aliphatic heterocycles. The molecule has 1 nitrogen and oxygen atoms in total. The first-order valence-electron chi connectivity index (χ1n) is 4.89. The SMILES string of the molecule is NC(Cc1cccc(F)c1Br)c1ccsc1. The Bertz CT molecular complexity index is 470. The second-order valence-electron chi connectivity index (χ2n) is 3.58. The van der Waals surface area contributed by atoms with Crippen molar-refractivity contribution in [3.8, 4) is 0 Å². The Hall–Kier alpha value is -0.710. The van der Waals surface area contributed by atoms with Crippen molar-refractivity contribution >= 4 is 27.3 Å². The lowest BCUT2D eigenvalue weighted by Crippen LogP contribution is -2.12. The van der Waals surface area contributed by atoms with Crippen LogP contribution in [0.1, 0.15) is 17.2 Å². The van der Waals surface area contributed by atoms with Crippen LogP contribution in [0, 0.1) is 5.82 Å². The van der Waals surface area contributed by atoms with Crippen LogP contribution in [0.4, 0.5) is 4.39 Å². The Morgan fingerprint density at radius 2 is 2.19 bits per heavy atom. The minimum absolute atomic E-state index is 0.0793. The Morgan fingerprint density at radius 1 is 1.38 bits per heavy atom. The van der Waals surface area contributed by atoms with Gasteiger partial charge in [-0.25, -0.2) is 4.39 Å². The summed E-state index contributed by atoms with van der Waals surface area (Å²) in [7, 11) is 0. The molecule has 1 atom stereocenters. The van der Waals surface area contributed by atoms with E-state index in [4.69, 9.17) is 5.73 Å². The molecule has 1 aromatic carbocycles. The van der Waals surface area contributed by atoms with E-state index in [0.717, 1.165) is 11.1 Å². The Balaban J connectivity index is 2.18. The number of hydrogen-bond donors (Lipinski definition) is 1. The first kappa shape index (κ1) is 11.8. The lowest BCUT2D eigenvalue weighted by Gasteiger charge is -2.11. The number of nitrogens with two attached hydrogens (primary N) is 1. The lowest BCUT2D eigenvalue weighted by atomic mass is 10.0. The molecule has 2 N–H and O–H groups in total. The maximum absolute atomic E-state index is 13.3. The van der Waals surface area contributed by atoms with E-state index in [9.17, 15) is 4.39 Å². The van der Waals surface area contributed by atoms with Gasteiger partial charge in [-0.05, 0) is 56.4 Å². The number of rotatable bonds is 3. The van der Waals surface area contributed by atoms with Crippen molar-refractivity contribution in [2.75, 3.05) is 0 Å². The molecule has 0 fully saturated rings. The van der Waals surface area contributed by atoms with E-state index in [1.54, 1.807) is 17.4 Å². The molecule has 84 valence electrons. The third-order valence-electron chi connectivity index (χ3n) is 2.44. The molecular formula is C12H11BrFNS. The van der Waals surface area contributed by atoms with Crippen molar-refractivity contribution in [3.63, 3.8) is 0 Å². The van der Waals surface area contributed by atoms with Gasteiger partial charge in [0.25, 0.3) is 0 Å². The zero-order chi connectivity index (χ0) is 11.5. The number of halogens is 2. The maximum atomic E-state index is 13.3. The van der Waals surface area contributed by atoms with Gasteiger partial charge in [0.05, 0.1) is 4.47 Å². The third-order valence-corrected chi connectivity index (χ3v) is 4.03. The van der Waals surface area contributed by atoms with Crippen molar-refractivity contribution < 1.29 is 4.39 Å². The van der Waals surface area contributed by atoms with Crippen LogP contribution in [0.5, 0.6) is 0 Å². The van der Waals surface area contributed by atoms with Crippen molar-refractivity contribution in [2.45, 2.75) is 12.5 Å². The lowest BCUT2D eigenvalue weighted by molar-refractivity contribution is 0.614. The predicted octanol–water partition coefficient (Wildman–Crippen LogP) is 3.89. The monoisotopic (exact) mass is 299 g/mol. The molecule has 16 heavy (non-hydrogen) atoms. The second-order valence-corrected chi connectivity index (χ2v) is 5.15. The highest BCUT2D eigenvalue weighted by Gasteiger charge is 2.11. The molecule has 0 saturated carbocycles. The van der Waals surface area contributed by atoms with Crippen LogP contribution in [0.2, 0.25) is 0 Å². The molecule has 1 heterocycles. The fourth-order valence-corrected chi connectivity index (χ4v) is 2.70. The second kappa shape index (κ2) is 5.08. The van der Waals surface area contributed by atoms with Crippen LogP contribution in [-0.4, -0.2) is 0 Å². The average molecular weight is 300 g/mol. The zero-order valence-corrected chi connectivity index (χ0v) is 10.9. The molecule has 0 aliphatic carbocycles. The summed E-state index contributed by atoms with van der Waals surface area (Å²) in [6.07, 6.45) is 0.634. The molecule has 0 spiro atoms. The van der Waals surface area contributed by atoms with E-state index >= 15 is 0 Å². The topological polar surface area (TPSA) is 26.0 Å². The van der Waals surface area contributed by atoms with E-state index in [1.807, 2.05) is 22.9 Å². The fraction of sp³-hybridized carbons (Fsp3) is 0.167. The predicted molar refractivity (Wildman–Crippen MR) is 69.1 cm³/mol. The summed E-state index contributed by atoms with van der Waals surface area (Å²) in [5.41, 5.74) is 8.05. The van der Waals surface area contributed by atoms with Gasteiger partial charge in [0.15, 0.2) is 0 Å². The highest BCUT2D eigenvalue weighted by molar-refractivity contribution is 9.10. The summed E-state index contributed by atoms with van der Waals surface area (Å²) in [5.74, 6) is -0.241. The normalized spacial score (nSPS) is 12.7. The molecular weight excluding hydrogens is 289 g/mol. The molecule has 0 amide bonds. The van der Waals surface area contributed by atoms with Gasteiger partial charge in [-0.2, -0.15) is 11.3 Å². The number of benzene rings is 1. The number of hydrogen-bond acceptors (Lipinski definition) is 2. The average Bonchev–Trinajstić information content (AvgIpc) is 2.78. The van der Waals surface area contributed by atoms with Crippen LogP contribution in [0.3, 0.4) is 0 Å². The molecule has 2 rings (SSSR count). The Kier molecular flexibility index (Phi) is 3.74. The summed E-state index contributed by atoms with van der Waals surface area (Å²) in [6, 6.07) is 6.95. The highest BCUT2D eigenvalue weighted by Crippen LogP contribution is 2.25. The molecule has 1 unspecified atom stereocenters. The summed E-state index contributed by atoms with van der Waals surface area (Å²) < 4.78 is 13.8. The molecule has 4 heteroatoms. The van der Waals surface area contributed by atoms with Crippen molar-refractivity contribution in [3.05, 3.63) is 56.4 Å². The van der Waals surface area contributed by atoms with Gasteiger partial charge in [0.1, 0.15) is 5.82 Å². The van der Waals surface area contributed by atoms with E-state index < -0.39 is 0 Å². The van der Waals surface area contributed by atoms with Crippen molar-refractivity contribution in [2.24, 2.45) is 5.73 Å². The van der Waals surface area contributed by atoms with Gasteiger partial charge in [-0.15, -0.1) is 0 Å². The smallest absolute Gasteiger partial charge is 0.137 e.